The molecule has 1 unspecified atom stereocenters. The molecule has 0 spiro atoms. The van der Waals surface area contributed by atoms with E-state index in [1.54, 1.807) is 7.11 Å². The normalized spacial score (nSPS) is 13.1. The second kappa shape index (κ2) is 6.66. The minimum atomic E-state index is 0.0121. The second-order valence-corrected chi connectivity index (χ2v) is 4.58. The van der Waals surface area contributed by atoms with Gasteiger partial charge in [-0.15, -0.1) is 0 Å². The molecule has 0 radical (unpaired) electrons. The second-order valence-electron chi connectivity index (χ2n) is 4.58. The Labute approximate surface area is 98.3 Å². The Morgan fingerprint density at radius 3 is 2.25 bits per heavy atom. The van der Waals surface area contributed by atoms with Gasteiger partial charge in [-0.25, -0.2) is 0 Å². The van der Waals surface area contributed by atoms with Gasteiger partial charge in [-0.2, -0.15) is 0 Å². The first-order valence-electron chi connectivity index (χ1n) is 5.89. The van der Waals surface area contributed by atoms with E-state index in [-0.39, 0.29) is 12.7 Å². The molecule has 1 aromatic rings. The topological polar surface area (TPSA) is 29.5 Å². The van der Waals surface area contributed by atoms with Crippen LogP contribution in [0.2, 0.25) is 0 Å². The number of aliphatic hydroxyl groups excluding tert-OH is 1. The monoisotopic (exact) mass is 222 g/mol. The van der Waals surface area contributed by atoms with Crippen LogP contribution in [0.25, 0.3) is 0 Å². The molecule has 0 aliphatic rings. The van der Waals surface area contributed by atoms with E-state index in [4.69, 9.17) is 9.84 Å². The fraction of sp³-hybridized carbons (Fsp3) is 0.571. The minimum Gasteiger partial charge on any atom is -0.396 e. The van der Waals surface area contributed by atoms with Gasteiger partial charge in [0.15, 0.2) is 0 Å². The van der Waals surface area contributed by atoms with Crippen molar-refractivity contribution < 1.29 is 9.84 Å². The first kappa shape index (κ1) is 13.2. The van der Waals surface area contributed by atoms with Crippen molar-refractivity contribution in [2.24, 2.45) is 5.92 Å². The lowest BCUT2D eigenvalue weighted by atomic mass is 9.99. The van der Waals surface area contributed by atoms with Crippen molar-refractivity contribution in [1.29, 1.82) is 0 Å². The zero-order valence-electron chi connectivity index (χ0n) is 10.4. The molecule has 0 bridgehead atoms. The van der Waals surface area contributed by atoms with Crippen LogP contribution in [0, 0.1) is 5.92 Å². The van der Waals surface area contributed by atoms with Gasteiger partial charge in [0.1, 0.15) is 0 Å². The number of hydrogen-bond acceptors (Lipinski definition) is 2. The molecular formula is C14H22O2. The van der Waals surface area contributed by atoms with Crippen LogP contribution in [-0.2, 0) is 11.2 Å². The third-order valence-corrected chi connectivity index (χ3v) is 2.67. The fourth-order valence-corrected chi connectivity index (χ4v) is 1.88. The average Bonchev–Trinajstić information content (AvgIpc) is 2.26. The molecule has 1 rings (SSSR count). The van der Waals surface area contributed by atoms with Crippen molar-refractivity contribution in [3.63, 3.8) is 0 Å². The number of aliphatic hydroxyl groups is 1. The Balaban J connectivity index is 2.69. The summed E-state index contributed by atoms with van der Waals surface area (Å²) in [5.74, 6) is 0.682. The van der Waals surface area contributed by atoms with Crippen molar-refractivity contribution in [3.8, 4) is 0 Å². The summed E-state index contributed by atoms with van der Waals surface area (Å²) in [7, 11) is 1.68. The Morgan fingerprint density at radius 1 is 1.19 bits per heavy atom. The summed E-state index contributed by atoms with van der Waals surface area (Å²) >= 11 is 0. The highest BCUT2D eigenvalue weighted by Gasteiger charge is 2.09. The SMILES string of the molecule is COC(CCO)c1ccc(CC(C)C)cc1. The number of rotatable bonds is 6. The van der Waals surface area contributed by atoms with Gasteiger partial charge in [0.25, 0.3) is 0 Å². The molecule has 1 atom stereocenters. The quantitative estimate of drug-likeness (QED) is 0.802. The number of benzene rings is 1. The highest BCUT2D eigenvalue weighted by Crippen LogP contribution is 2.21. The van der Waals surface area contributed by atoms with Crippen molar-refractivity contribution in [3.05, 3.63) is 35.4 Å². The van der Waals surface area contributed by atoms with E-state index in [0.29, 0.717) is 12.3 Å². The predicted octanol–water partition coefficient (Wildman–Crippen LogP) is 2.96. The summed E-state index contributed by atoms with van der Waals surface area (Å²) in [5.41, 5.74) is 2.50. The van der Waals surface area contributed by atoms with Gasteiger partial charge in [-0.1, -0.05) is 38.1 Å². The van der Waals surface area contributed by atoms with Crippen molar-refractivity contribution >= 4 is 0 Å². The highest BCUT2D eigenvalue weighted by molar-refractivity contribution is 5.24. The Bertz CT molecular complexity index is 290. The third kappa shape index (κ3) is 3.95. The van der Waals surface area contributed by atoms with Gasteiger partial charge in [0.05, 0.1) is 6.10 Å². The third-order valence-electron chi connectivity index (χ3n) is 2.67. The fourth-order valence-electron chi connectivity index (χ4n) is 1.88. The van der Waals surface area contributed by atoms with Crippen LogP contribution in [0.3, 0.4) is 0 Å². The highest BCUT2D eigenvalue weighted by atomic mass is 16.5. The van der Waals surface area contributed by atoms with Gasteiger partial charge < -0.3 is 9.84 Å². The van der Waals surface area contributed by atoms with Gasteiger partial charge >= 0.3 is 0 Å². The Kier molecular flexibility index (Phi) is 5.50. The van der Waals surface area contributed by atoms with Crippen LogP contribution >= 0.6 is 0 Å². The van der Waals surface area contributed by atoms with Crippen LogP contribution in [0.5, 0.6) is 0 Å². The van der Waals surface area contributed by atoms with Gasteiger partial charge in [0, 0.05) is 20.1 Å². The summed E-state index contributed by atoms with van der Waals surface area (Å²) in [6.45, 7) is 4.60. The van der Waals surface area contributed by atoms with Crippen LogP contribution in [0.15, 0.2) is 24.3 Å². The minimum absolute atomic E-state index is 0.0121. The number of methoxy groups -OCH3 is 1. The molecule has 0 aliphatic carbocycles. The Hall–Kier alpha value is -0.860. The van der Waals surface area contributed by atoms with Gasteiger partial charge in [-0.3, -0.25) is 0 Å². The van der Waals surface area contributed by atoms with E-state index in [1.165, 1.54) is 5.56 Å². The molecule has 0 fully saturated rings. The van der Waals surface area contributed by atoms with Crippen LogP contribution < -0.4 is 0 Å². The largest absolute Gasteiger partial charge is 0.396 e. The van der Waals surface area contributed by atoms with Crippen LogP contribution in [-0.4, -0.2) is 18.8 Å². The maximum Gasteiger partial charge on any atom is 0.0843 e. The standard InChI is InChI=1S/C14H22O2/c1-11(2)10-12-4-6-13(7-5-12)14(16-3)8-9-15/h4-7,11,14-15H,8-10H2,1-3H3. The van der Waals surface area contributed by atoms with E-state index in [0.717, 1.165) is 12.0 Å². The van der Waals surface area contributed by atoms with Crippen molar-refractivity contribution in [2.75, 3.05) is 13.7 Å². The molecule has 16 heavy (non-hydrogen) atoms. The van der Waals surface area contributed by atoms with E-state index < -0.39 is 0 Å². The van der Waals surface area contributed by atoms with E-state index in [9.17, 15) is 0 Å². The van der Waals surface area contributed by atoms with Crippen molar-refractivity contribution in [1.82, 2.24) is 0 Å². The molecule has 0 aliphatic heterocycles. The molecule has 0 amide bonds. The lowest BCUT2D eigenvalue weighted by Crippen LogP contribution is -2.04. The molecule has 1 N–H and O–H groups in total. The molecular weight excluding hydrogens is 200 g/mol. The molecule has 1 aromatic carbocycles. The van der Waals surface area contributed by atoms with Gasteiger partial charge in [0.2, 0.25) is 0 Å². The Morgan fingerprint density at radius 2 is 1.81 bits per heavy atom. The van der Waals surface area contributed by atoms with E-state index in [1.807, 2.05) is 0 Å². The zero-order chi connectivity index (χ0) is 12.0. The maximum absolute atomic E-state index is 8.92. The lowest BCUT2D eigenvalue weighted by molar-refractivity contribution is 0.0775. The molecule has 2 nitrogen and oxygen atoms in total. The lowest BCUT2D eigenvalue weighted by Gasteiger charge is -2.15. The molecule has 0 saturated heterocycles. The maximum atomic E-state index is 8.92. The molecule has 0 heterocycles. The summed E-state index contributed by atoms with van der Waals surface area (Å²) in [6, 6.07) is 8.50. The smallest absolute Gasteiger partial charge is 0.0843 e. The molecule has 0 saturated carbocycles. The van der Waals surface area contributed by atoms with E-state index in [2.05, 4.69) is 38.1 Å². The van der Waals surface area contributed by atoms with Crippen LogP contribution in [0.1, 0.15) is 37.5 Å². The zero-order valence-corrected chi connectivity index (χ0v) is 10.4. The summed E-state index contributed by atoms with van der Waals surface area (Å²) < 4.78 is 5.34. The summed E-state index contributed by atoms with van der Waals surface area (Å²) in [4.78, 5) is 0. The first-order valence-corrected chi connectivity index (χ1v) is 5.89. The predicted molar refractivity (Wildman–Crippen MR) is 66.4 cm³/mol. The van der Waals surface area contributed by atoms with E-state index >= 15 is 0 Å². The van der Waals surface area contributed by atoms with Gasteiger partial charge in [-0.05, 0) is 23.5 Å². The summed E-state index contributed by atoms with van der Waals surface area (Å²) in [6.07, 6.45) is 1.77. The van der Waals surface area contributed by atoms with Crippen LogP contribution in [0.4, 0.5) is 0 Å². The molecule has 2 heteroatoms. The number of ether oxygens (including phenoxy) is 1. The average molecular weight is 222 g/mol. The molecule has 0 aromatic heterocycles. The summed E-state index contributed by atoms with van der Waals surface area (Å²) in [5, 5.41) is 8.92. The number of hydrogen-bond donors (Lipinski definition) is 1. The first-order chi connectivity index (χ1) is 7.67. The van der Waals surface area contributed by atoms with Crippen molar-refractivity contribution in [2.45, 2.75) is 32.8 Å². The molecule has 90 valence electrons.